The Bertz CT molecular complexity index is 397. The van der Waals surface area contributed by atoms with Gasteiger partial charge in [-0.25, -0.2) is 0 Å². The van der Waals surface area contributed by atoms with Crippen LogP contribution in [0.5, 0.6) is 0 Å². The van der Waals surface area contributed by atoms with E-state index >= 15 is 0 Å². The predicted molar refractivity (Wildman–Crippen MR) is 87.5 cm³/mol. The van der Waals surface area contributed by atoms with Gasteiger partial charge in [0.25, 0.3) is 0 Å². The zero-order valence-electron chi connectivity index (χ0n) is 14.4. The van der Waals surface area contributed by atoms with E-state index in [1.54, 1.807) is 0 Å². The lowest BCUT2D eigenvalue weighted by atomic mass is 9.92. The summed E-state index contributed by atoms with van der Waals surface area (Å²) >= 11 is 0. The van der Waals surface area contributed by atoms with Gasteiger partial charge in [0, 0.05) is 25.6 Å². The van der Waals surface area contributed by atoms with Crippen LogP contribution >= 0.6 is 0 Å². The predicted octanol–water partition coefficient (Wildman–Crippen LogP) is 1.63. The van der Waals surface area contributed by atoms with Crippen LogP contribution in [0.3, 0.4) is 0 Å². The molecule has 126 valence electrons. The maximum absolute atomic E-state index is 12.3. The summed E-state index contributed by atoms with van der Waals surface area (Å²) in [5.74, 6) is 0.0279. The number of hydrogen-bond acceptors (Lipinski definition) is 3. The summed E-state index contributed by atoms with van der Waals surface area (Å²) in [4.78, 5) is 28.6. The van der Waals surface area contributed by atoms with Crippen LogP contribution in [-0.2, 0) is 9.59 Å². The normalized spacial score (nSPS) is 23.6. The van der Waals surface area contributed by atoms with Crippen molar-refractivity contribution in [2.75, 3.05) is 32.7 Å². The van der Waals surface area contributed by atoms with Crippen molar-refractivity contribution in [3.63, 3.8) is 0 Å². The zero-order valence-corrected chi connectivity index (χ0v) is 14.4. The third-order valence-electron chi connectivity index (χ3n) is 4.53. The van der Waals surface area contributed by atoms with Crippen LogP contribution in [0.25, 0.3) is 0 Å². The fourth-order valence-corrected chi connectivity index (χ4v) is 3.42. The monoisotopic (exact) mass is 309 g/mol. The lowest BCUT2D eigenvalue weighted by Gasteiger charge is -2.37. The average Bonchev–Trinajstić information content (AvgIpc) is 2.97. The van der Waals surface area contributed by atoms with Crippen molar-refractivity contribution in [2.45, 2.75) is 58.9 Å². The van der Waals surface area contributed by atoms with E-state index in [0.29, 0.717) is 12.5 Å². The van der Waals surface area contributed by atoms with Crippen LogP contribution in [0.4, 0.5) is 0 Å². The minimum Gasteiger partial charge on any atom is -0.347 e. The van der Waals surface area contributed by atoms with Gasteiger partial charge in [0.1, 0.15) is 0 Å². The number of rotatable bonds is 4. The molecule has 2 heterocycles. The maximum Gasteiger partial charge on any atom is 0.242 e. The molecule has 0 radical (unpaired) electrons. The van der Waals surface area contributed by atoms with Gasteiger partial charge in [-0.15, -0.1) is 0 Å². The Balaban J connectivity index is 1.75. The van der Waals surface area contributed by atoms with Gasteiger partial charge in [-0.05, 0) is 44.2 Å². The van der Waals surface area contributed by atoms with E-state index in [9.17, 15) is 9.59 Å². The zero-order chi connectivity index (χ0) is 16.2. The van der Waals surface area contributed by atoms with Gasteiger partial charge >= 0.3 is 0 Å². The minimum atomic E-state index is -0.0426. The summed E-state index contributed by atoms with van der Waals surface area (Å²) in [7, 11) is 0. The highest BCUT2D eigenvalue weighted by Gasteiger charge is 2.29. The highest BCUT2D eigenvalue weighted by atomic mass is 16.2. The quantitative estimate of drug-likeness (QED) is 0.859. The molecule has 0 aromatic rings. The Labute approximate surface area is 134 Å². The molecule has 0 aromatic carbocycles. The van der Waals surface area contributed by atoms with E-state index in [0.717, 1.165) is 19.5 Å². The molecule has 2 aliphatic heterocycles. The topological polar surface area (TPSA) is 52.7 Å². The SMILES string of the molecule is CC(C)(C)CC(=O)NCC(=O)N1CCC[C@H](N2CCCC2)C1. The van der Waals surface area contributed by atoms with E-state index in [4.69, 9.17) is 0 Å². The number of carbonyl (C=O) groups excluding carboxylic acids is 2. The first-order chi connectivity index (χ1) is 10.3. The summed E-state index contributed by atoms with van der Waals surface area (Å²) < 4.78 is 0. The van der Waals surface area contributed by atoms with E-state index in [2.05, 4.69) is 10.2 Å². The van der Waals surface area contributed by atoms with Crippen LogP contribution in [0.15, 0.2) is 0 Å². The lowest BCUT2D eigenvalue weighted by Crippen LogP contribution is -2.51. The van der Waals surface area contributed by atoms with Gasteiger partial charge in [0.2, 0.25) is 11.8 Å². The number of hydrogen-bond donors (Lipinski definition) is 1. The first kappa shape index (κ1) is 17.3. The third-order valence-corrected chi connectivity index (χ3v) is 4.53. The van der Waals surface area contributed by atoms with Gasteiger partial charge in [-0.1, -0.05) is 20.8 Å². The number of nitrogens with one attached hydrogen (secondary N) is 1. The summed E-state index contributed by atoms with van der Waals surface area (Å²) in [5.41, 5.74) is -0.0426. The second kappa shape index (κ2) is 7.44. The molecule has 5 nitrogen and oxygen atoms in total. The van der Waals surface area contributed by atoms with Crippen molar-refractivity contribution in [3.05, 3.63) is 0 Å². The van der Waals surface area contributed by atoms with Gasteiger partial charge in [0.15, 0.2) is 0 Å². The molecular weight excluding hydrogens is 278 g/mol. The molecule has 2 rings (SSSR count). The number of piperidine rings is 1. The van der Waals surface area contributed by atoms with Crippen molar-refractivity contribution in [1.82, 2.24) is 15.1 Å². The third kappa shape index (κ3) is 5.27. The molecular formula is C17H31N3O2. The maximum atomic E-state index is 12.3. The van der Waals surface area contributed by atoms with Crippen LogP contribution in [-0.4, -0.2) is 60.4 Å². The van der Waals surface area contributed by atoms with Gasteiger partial charge in [0.05, 0.1) is 6.54 Å². The molecule has 2 amide bonds. The summed E-state index contributed by atoms with van der Waals surface area (Å²) in [6, 6.07) is 0.519. The van der Waals surface area contributed by atoms with Crippen LogP contribution in [0.1, 0.15) is 52.9 Å². The Hall–Kier alpha value is -1.10. The lowest BCUT2D eigenvalue weighted by molar-refractivity contribution is -0.135. The number of nitrogens with zero attached hydrogens (tertiary/aromatic N) is 2. The Morgan fingerprint density at radius 1 is 1.09 bits per heavy atom. The van der Waals surface area contributed by atoms with Crippen molar-refractivity contribution in [2.24, 2.45) is 5.41 Å². The molecule has 2 saturated heterocycles. The Morgan fingerprint density at radius 3 is 2.41 bits per heavy atom. The Kier molecular flexibility index (Phi) is 5.84. The molecule has 1 N–H and O–H groups in total. The van der Waals surface area contributed by atoms with Crippen LogP contribution in [0, 0.1) is 5.41 Å². The summed E-state index contributed by atoms with van der Waals surface area (Å²) in [6.45, 7) is 10.2. The molecule has 0 saturated carbocycles. The molecule has 5 heteroatoms. The smallest absolute Gasteiger partial charge is 0.242 e. The van der Waals surface area contributed by atoms with E-state index < -0.39 is 0 Å². The van der Waals surface area contributed by atoms with Crippen molar-refractivity contribution in [3.8, 4) is 0 Å². The van der Waals surface area contributed by atoms with Crippen molar-refractivity contribution in [1.29, 1.82) is 0 Å². The highest BCUT2D eigenvalue weighted by molar-refractivity contribution is 5.85. The molecule has 0 aromatic heterocycles. The standard InChI is InChI=1S/C17H31N3O2/c1-17(2,3)11-15(21)18-12-16(22)20-10-6-7-14(13-20)19-8-4-5-9-19/h14H,4-13H2,1-3H3,(H,18,21)/t14-/m0/s1. The molecule has 0 aliphatic carbocycles. The fourth-order valence-electron chi connectivity index (χ4n) is 3.42. The molecule has 0 spiro atoms. The van der Waals surface area contributed by atoms with Crippen molar-refractivity contribution >= 4 is 11.8 Å². The molecule has 1 atom stereocenters. The molecule has 0 bridgehead atoms. The van der Waals surface area contributed by atoms with Gasteiger partial charge < -0.3 is 10.2 Å². The first-order valence-corrected chi connectivity index (χ1v) is 8.64. The summed E-state index contributed by atoms with van der Waals surface area (Å²) in [5, 5.41) is 2.78. The van der Waals surface area contributed by atoms with E-state index in [-0.39, 0.29) is 23.8 Å². The van der Waals surface area contributed by atoms with Gasteiger partial charge in [-0.2, -0.15) is 0 Å². The molecule has 0 unspecified atom stereocenters. The fraction of sp³-hybridized carbons (Fsp3) is 0.882. The highest BCUT2D eigenvalue weighted by Crippen LogP contribution is 2.20. The second-order valence-electron chi connectivity index (χ2n) is 7.89. The average molecular weight is 309 g/mol. The van der Waals surface area contributed by atoms with Gasteiger partial charge in [-0.3, -0.25) is 14.5 Å². The molecule has 2 aliphatic rings. The number of likely N-dealkylation sites (tertiary alicyclic amines) is 2. The van der Waals surface area contributed by atoms with Crippen molar-refractivity contribution < 1.29 is 9.59 Å². The first-order valence-electron chi connectivity index (χ1n) is 8.64. The number of carbonyl (C=O) groups is 2. The minimum absolute atomic E-state index is 0.0334. The molecule has 2 fully saturated rings. The van der Waals surface area contributed by atoms with E-state index in [1.807, 2.05) is 25.7 Å². The Morgan fingerprint density at radius 2 is 1.77 bits per heavy atom. The largest absolute Gasteiger partial charge is 0.347 e. The summed E-state index contributed by atoms with van der Waals surface area (Å²) in [6.07, 6.45) is 5.29. The van der Waals surface area contributed by atoms with Crippen LogP contribution < -0.4 is 5.32 Å². The van der Waals surface area contributed by atoms with E-state index in [1.165, 1.54) is 32.4 Å². The molecule has 22 heavy (non-hydrogen) atoms. The second-order valence-corrected chi connectivity index (χ2v) is 7.89. The number of amides is 2. The van der Waals surface area contributed by atoms with Crippen LogP contribution in [0.2, 0.25) is 0 Å².